The lowest BCUT2D eigenvalue weighted by Gasteiger charge is -2.39. The van der Waals surface area contributed by atoms with Crippen LogP contribution in [-0.4, -0.2) is 30.0 Å². The largest absolute Gasteiger partial charge is 0.398 e. The fraction of sp³-hybridized carbons (Fsp3) is 0.533. The van der Waals surface area contributed by atoms with Crippen LogP contribution in [0.3, 0.4) is 0 Å². The van der Waals surface area contributed by atoms with Crippen LogP contribution in [0.25, 0.3) is 0 Å². The van der Waals surface area contributed by atoms with Gasteiger partial charge in [-0.3, -0.25) is 14.9 Å². The topological polar surface area (TPSA) is 110 Å². The third kappa shape index (κ3) is 3.54. The van der Waals surface area contributed by atoms with Crippen LogP contribution in [0, 0.1) is 15.5 Å². The fourth-order valence-corrected chi connectivity index (χ4v) is 2.76. The molecule has 0 radical (unpaired) electrons. The number of hydrogen-bond acceptors (Lipinski definition) is 5. The Hall–Kier alpha value is -2.15. The second-order valence-electron chi connectivity index (χ2n) is 6.34. The smallest absolute Gasteiger partial charge is 0.270 e. The van der Waals surface area contributed by atoms with Crippen molar-refractivity contribution in [3.05, 3.63) is 33.9 Å². The van der Waals surface area contributed by atoms with Gasteiger partial charge in [0.25, 0.3) is 11.6 Å². The van der Waals surface area contributed by atoms with Crippen molar-refractivity contribution in [2.24, 2.45) is 5.41 Å². The zero-order valence-corrected chi connectivity index (χ0v) is 12.9. The third-order valence-corrected chi connectivity index (χ3v) is 4.29. The number of nitrogens with one attached hydrogen (secondary N) is 2. The molecule has 1 fully saturated rings. The van der Waals surface area contributed by atoms with Crippen LogP contribution in [-0.2, 0) is 0 Å². The molecule has 0 saturated carbocycles. The van der Waals surface area contributed by atoms with Crippen LogP contribution in [0.1, 0.15) is 37.0 Å². The lowest BCUT2D eigenvalue weighted by atomic mass is 9.77. The van der Waals surface area contributed by atoms with Crippen molar-refractivity contribution >= 4 is 17.3 Å². The average molecular weight is 306 g/mol. The number of nitro benzene ring substituents is 1. The number of hydrogen-bond donors (Lipinski definition) is 3. The van der Waals surface area contributed by atoms with E-state index in [-0.39, 0.29) is 34.3 Å². The summed E-state index contributed by atoms with van der Waals surface area (Å²) >= 11 is 0. The molecule has 1 aliphatic heterocycles. The minimum absolute atomic E-state index is 0.0970. The summed E-state index contributed by atoms with van der Waals surface area (Å²) in [6, 6.07) is 4.06. The molecule has 7 nitrogen and oxygen atoms in total. The van der Waals surface area contributed by atoms with Crippen LogP contribution in [0.15, 0.2) is 18.2 Å². The normalized spacial score (nSPS) is 20.4. The lowest BCUT2D eigenvalue weighted by Crippen LogP contribution is -2.52. The number of amides is 1. The van der Waals surface area contributed by atoms with Gasteiger partial charge in [0.2, 0.25) is 0 Å². The quantitative estimate of drug-likeness (QED) is 0.445. The van der Waals surface area contributed by atoms with Crippen LogP contribution in [0.4, 0.5) is 11.4 Å². The van der Waals surface area contributed by atoms with Gasteiger partial charge in [0.1, 0.15) is 0 Å². The van der Waals surface area contributed by atoms with Crippen LogP contribution in [0.2, 0.25) is 0 Å². The summed E-state index contributed by atoms with van der Waals surface area (Å²) in [4.78, 5) is 22.5. The number of carbonyl (C=O) groups is 1. The fourth-order valence-electron chi connectivity index (χ4n) is 2.76. The predicted molar refractivity (Wildman–Crippen MR) is 84.6 cm³/mol. The van der Waals surface area contributed by atoms with Crippen molar-refractivity contribution in [3.8, 4) is 0 Å². The SMILES string of the molecule is CC1(C)CCCNC1CNC(=O)c1cc([N+](=O)[O-])ccc1N. The van der Waals surface area contributed by atoms with E-state index in [0.29, 0.717) is 6.54 Å². The van der Waals surface area contributed by atoms with Gasteiger partial charge >= 0.3 is 0 Å². The van der Waals surface area contributed by atoms with Crippen molar-refractivity contribution in [2.75, 3.05) is 18.8 Å². The highest BCUT2D eigenvalue weighted by molar-refractivity contribution is 5.99. The molecule has 120 valence electrons. The summed E-state index contributed by atoms with van der Waals surface area (Å²) < 4.78 is 0. The molecule has 4 N–H and O–H groups in total. The van der Waals surface area contributed by atoms with E-state index in [2.05, 4.69) is 24.5 Å². The molecule has 1 aromatic rings. The van der Waals surface area contributed by atoms with Crippen LogP contribution in [0.5, 0.6) is 0 Å². The van der Waals surface area contributed by atoms with Gasteiger partial charge in [-0.1, -0.05) is 13.8 Å². The van der Waals surface area contributed by atoms with E-state index in [1.54, 1.807) is 0 Å². The van der Waals surface area contributed by atoms with Gasteiger partial charge in [0, 0.05) is 30.4 Å². The first-order chi connectivity index (χ1) is 10.3. The summed E-state index contributed by atoms with van der Waals surface area (Å²) in [6.45, 7) is 5.73. The van der Waals surface area contributed by atoms with Crippen molar-refractivity contribution in [3.63, 3.8) is 0 Å². The van der Waals surface area contributed by atoms with Crippen LogP contribution < -0.4 is 16.4 Å². The summed E-state index contributed by atoms with van der Waals surface area (Å²) in [5.41, 5.74) is 6.08. The Morgan fingerprint density at radius 2 is 2.27 bits per heavy atom. The molecule has 0 aliphatic carbocycles. The molecule has 1 saturated heterocycles. The summed E-state index contributed by atoms with van der Waals surface area (Å²) in [7, 11) is 0. The number of benzene rings is 1. The van der Waals surface area contributed by atoms with Gasteiger partial charge in [-0.15, -0.1) is 0 Å². The maximum atomic E-state index is 12.3. The van der Waals surface area contributed by atoms with Gasteiger partial charge in [-0.2, -0.15) is 0 Å². The molecule has 1 atom stereocenters. The Bertz CT molecular complexity index is 586. The zero-order valence-electron chi connectivity index (χ0n) is 12.9. The van der Waals surface area contributed by atoms with E-state index in [9.17, 15) is 14.9 Å². The minimum atomic E-state index is -0.540. The van der Waals surface area contributed by atoms with E-state index in [1.165, 1.54) is 18.2 Å². The molecular formula is C15H22N4O3. The molecular weight excluding hydrogens is 284 g/mol. The Morgan fingerprint density at radius 1 is 1.55 bits per heavy atom. The second-order valence-corrected chi connectivity index (χ2v) is 6.34. The second kappa shape index (κ2) is 6.31. The van der Waals surface area contributed by atoms with Gasteiger partial charge in [-0.25, -0.2) is 0 Å². The first kappa shape index (κ1) is 16.2. The average Bonchev–Trinajstić information content (AvgIpc) is 2.45. The highest BCUT2D eigenvalue weighted by Gasteiger charge is 2.32. The standard InChI is InChI=1S/C15H22N4O3/c1-15(2)6-3-7-17-13(15)9-18-14(20)11-8-10(19(21)22)4-5-12(11)16/h4-5,8,13,17H,3,6-7,9,16H2,1-2H3,(H,18,20). The molecule has 22 heavy (non-hydrogen) atoms. The number of non-ortho nitro benzene ring substituents is 1. The maximum absolute atomic E-state index is 12.3. The molecule has 2 rings (SSSR count). The number of piperidine rings is 1. The van der Waals surface area contributed by atoms with Crippen molar-refractivity contribution in [1.82, 2.24) is 10.6 Å². The van der Waals surface area contributed by atoms with Gasteiger partial charge < -0.3 is 16.4 Å². The molecule has 1 unspecified atom stereocenters. The van der Waals surface area contributed by atoms with E-state index in [4.69, 9.17) is 5.73 Å². The van der Waals surface area contributed by atoms with E-state index in [1.807, 2.05) is 0 Å². The van der Waals surface area contributed by atoms with Gasteiger partial charge in [-0.05, 0) is 30.9 Å². The maximum Gasteiger partial charge on any atom is 0.270 e. The molecule has 0 aromatic heterocycles. The van der Waals surface area contributed by atoms with Crippen molar-refractivity contribution in [1.29, 1.82) is 0 Å². The van der Waals surface area contributed by atoms with E-state index in [0.717, 1.165) is 19.4 Å². The number of nitrogens with zero attached hydrogens (tertiary/aromatic N) is 1. The van der Waals surface area contributed by atoms with Gasteiger partial charge in [0.05, 0.1) is 10.5 Å². The molecule has 1 aromatic carbocycles. The Kier molecular flexibility index (Phi) is 4.65. The number of nitrogens with two attached hydrogens (primary N) is 1. The third-order valence-electron chi connectivity index (χ3n) is 4.29. The Labute approximate surface area is 129 Å². The molecule has 0 bridgehead atoms. The highest BCUT2D eigenvalue weighted by atomic mass is 16.6. The Morgan fingerprint density at radius 3 is 2.91 bits per heavy atom. The van der Waals surface area contributed by atoms with Crippen LogP contribution >= 0.6 is 0 Å². The first-order valence-electron chi connectivity index (χ1n) is 7.37. The predicted octanol–water partition coefficient (Wildman–Crippen LogP) is 1.68. The first-order valence-corrected chi connectivity index (χ1v) is 7.37. The molecule has 0 spiro atoms. The highest BCUT2D eigenvalue weighted by Crippen LogP contribution is 2.29. The van der Waals surface area contributed by atoms with E-state index < -0.39 is 4.92 Å². The summed E-state index contributed by atoms with van der Waals surface area (Å²) in [5, 5.41) is 17.0. The molecule has 1 aliphatic rings. The number of nitrogen functional groups attached to an aromatic ring is 1. The number of rotatable bonds is 4. The molecule has 7 heteroatoms. The van der Waals surface area contributed by atoms with Crippen molar-refractivity contribution < 1.29 is 9.72 Å². The lowest BCUT2D eigenvalue weighted by molar-refractivity contribution is -0.384. The molecule has 1 heterocycles. The number of carbonyl (C=O) groups excluding carboxylic acids is 1. The summed E-state index contributed by atoms with van der Waals surface area (Å²) in [5.74, 6) is -0.385. The Balaban J connectivity index is 2.06. The zero-order chi connectivity index (χ0) is 16.3. The van der Waals surface area contributed by atoms with E-state index >= 15 is 0 Å². The number of nitro groups is 1. The number of anilines is 1. The monoisotopic (exact) mass is 306 g/mol. The van der Waals surface area contributed by atoms with Gasteiger partial charge in [0.15, 0.2) is 0 Å². The minimum Gasteiger partial charge on any atom is -0.398 e. The molecule has 1 amide bonds. The van der Waals surface area contributed by atoms with Crippen molar-refractivity contribution in [2.45, 2.75) is 32.7 Å². The summed E-state index contributed by atoms with van der Waals surface area (Å²) in [6.07, 6.45) is 2.22.